The molecule has 114 valence electrons. The van der Waals surface area contributed by atoms with Crippen LogP contribution in [0.25, 0.3) is 0 Å². The molecule has 0 radical (unpaired) electrons. The van der Waals surface area contributed by atoms with E-state index in [1.54, 1.807) is 21.8 Å². The fraction of sp³-hybridized carbons (Fsp3) is 0.300. The van der Waals surface area contributed by atoms with Gasteiger partial charge in [-0.25, -0.2) is 4.79 Å². The third-order valence-electron chi connectivity index (χ3n) is 2.43. The molecule has 0 spiro atoms. The Morgan fingerprint density at radius 3 is 2.10 bits per heavy atom. The number of benzene rings is 1. The van der Waals surface area contributed by atoms with Crippen molar-refractivity contribution in [3.8, 4) is 0 Å². The molecule has 1 aromatic rings. The largest absolute Gasteiger partial charge is 0.448 e. The van der Waals surface area contributed by atoms with Crippen LogP contribution in [0.5, 0.6) is 0 Å². The van der Waals surface area contributed by atoms with Gasteiger partial charge in [0.25, 0.3) is 10.1 Å². The second kappa shape index (κ2) is 6.10. The summed E-state index contributed by atoms with van der Waals surface area (Å²) < 4.78 is 71.7. The molecule has 0 aliphatic rings. The molecule has 0 amide bonds. The molecular weight excluding hydrogens is 311 g/mol. The number of carbonyl (C=O) groups is 1. The van der Waals surface area contributed by atoms with Crippen LogP contribution in [0.1, 0.15) is 10.4 Å². The summed E-state index contributed by atoms with van der Waals surface area (Å²) >= 11 is 0. The van der Waals surface area contributed by atoms with Gasteiger partial charge < -0.3 is 4.74 Å². The summed E-state index contributed by atoms with van der Waals surface area (Å²) in [6.45, 7) is 0. The van der Waals surface area contributed by atoms with Gasteiger partial charge in [0.15, 0.2) is 0 Å². The summed E-state index contributed by atoms with van der Waals surface area (Å²) in [5.74, 6) is -3.06. The van der Waals surface area contributed by atoms with Crippen LogP contribution < -0.4 is 10.9 Å². The van der Waals surface area contributed by atoms with Crippen LogP contribution >= 0.6 is 0 Å². The van der Waals surface area contributed by atoms with Crippen molar-refractivity contribution in [1.29, 1.82) is 0 Å². The molecule has 1 unspecified atom stereocenters. The number of hydrogen-bond acceptors (Lipinski definition) is 4. The lowest BCUT2D eigenvalue weighted by molar-refractivity contribution is -0.197. The molecule has 21 heavy (non-hydrogen) atoms. The van der Waals surface area contributed by atoms with E-state index in [4.69, 9.17) is 4.55 Å². The van der Waals surface area contributed by atoms with E-state index < -0.39 is 34.1 Å². The molecule has 0 aliphatic heterocycles. The molecule has 5 nitrogen and oxygen atoms in total. The first kappa shape index (κ1) is 17.6. The van der Waals surface area contributed by atoms with Gasteiger partial charge in [-0.05, 0) is 0 Å². The molecule has 1 aromatic carbocycles. The van der Waals surface area contributed by atoms with E-state index in [9.17, 15) is 26.4 Å². The topological polar surface area (TPSA) is 80.7 Å². The van der Waals surface area contributed by atoms with Crippen LogP contribution in [0.15, 0.2) is 18.2 Å². The normalized spacial score (nSPS) is 13.7. The number of halogens is 3. The van der Waals surface area contributed by atoms with Crippen molar-refractivity contribution in [2.45, 2.75) is 12.3 Å². The summed E-state index contributed by atoms with van der Waals surface area (Å²) in [4.78, 5) is 11.7. The highest BCUT2D eigenvalue weighted by molar-refractivity contribution is 7.85. The monoisotopic (exact) mass is 322 g/mol. The van der Waals surface area contributed by atoms with Crippen LogP contribution in [-0.2, 0) is 14.9 Å². The van der Waals surface area contributed by atoms with Crippen molar-refractivity contribution in [1.82, 2.24) is 0 Å². The van der Waals surface area contributed by atoms with Crippen LogP contribution in [0.2, 0.25) is 0 Å². The van der Waals surface area contributed by atoms with Gasteiger partial charge in [-0.1, -0.05) is 29.1 Å². The zero-order valence-electron chi connectivity index (χ0n) is 11.1. The number of rotatable bonds is 4. The first-order valence-electron chi connectivity index (χ1n) is 5.69. The molecular formula is C10H11B2F3O5S. The maximum absolute atomic E-state index is 12.6. The van der Waals surface area contributed by atoms with Gasteiger partial charge in [0.05, 0.1) is 5.56 Å². The van der Waals surface area contributed by atoms with E-state index in [2.05, 4.69) is 4.74 Å². The number of esters is 1. The SMILES string of the molecule is Bc1cc(B)cc(C(=O)OC(CS(=O)(=O)O)C(F)(F)F)c1. The average molecular weight is 322 g/mol. The minimum Gasteiger partial charge on any atom is -0.448 e. The zero-order valence-corrected chi connectivity index (χ0v) is 12.0. The van der Waals surface area contributed by atoms with Gasteiger partial charge >= 0.3 is 12.1 Å². The molecule has 0 bridgehead atoms. The smallest absolute Gasteiger partial charge is 0.426 e. The van der Waals surface area contributed by atoms with Gasteiger partial charge in [-0.15, -0.1) is 0 Å². The van der Waals surface area contributed by atoms with E-state index >= 15 is 0 Å². The van der Waals surface area contributed by atoms with E-state index in [-0.39, 0.29) is 5.56 Å². The highest BCUT2D eigenvalue weighted by atomic mass is 32.2. The van der Waals surface area contributed by atoms with Crippen molar-refractivity contribution in [3.05, 3.63) is 23.8 Å². The lowest BCUT2D eigenvalue weighted by Crippen LogP contribution is -2.39. The maximum Gasteiger partial charge on any atom is 0.426 e. The minimum absolute atomic E-state index is 0.128. The van der Waals surface area contributed by atoms with Gasteiger partial charge in [-0.2, -0.15) is 21.6 Å². The second-order valence-electron chi connectivity index (χ2n) is 4.56. The lowest BCUT2D eigenvalue weighted by atomic mass is 9.85. The summed E-state index contributed by atoms with van der Waals surface area (Å²) in [5.41, 5.74) is 1.15. The minimum atomic E-state index is -5.11. The van der Waals surface area contributed by atoms with Crippen LogP contribution in [0, 0.1) is 0 Å². The maximum atomic E-state index is 12.6. The van der Waals surface area contributed by atoms with E-state index in [1.807, 2.05) is 0 Å². The number of hydrogen-bond donors (Lipinski definition) is 1. The quantitative estimate of drug-likeness (QED) is 0.401. The number of alkyl halides is 3. The Hall–Kier alpha value is -1.48. The van der Waals surface area contributed by atoms with Crippen LogP contribution in [0.3, 0.4) is 0 Å². The molecule has 1 rings (SSSR count). The fourth-order valence-corrected chi connectivity index (χ4v) is 2.32. The Labute approximate surface area is 121 Å². The Kier molecular flexibility index (Phi) is 5.11. The zero-order chi connectivity index (χ0) is 16.4. The van der Waals surface area contributed by atoms with E-state index in [0.29, 0.717) is 10.9 Å². The fourth-order valence-electron chi connectivity index (χ4n) is 1.68. The summed E-state index contributed by atoms with van der Waals surface area (Å²) in [7, 11) is -1.66. The van der Waals surface area contributed by atoms with Gasteiger partial charge in [0, 0.05) is 0 Å². The van der Waals surface area contributed by atoms with Crippen molar-refractivity contribution in [3.63, 3.8) is 0 Å². The summed E-state index contributed by atoms with van der Waals surface area (Å²) in [6, 6.07) is 4.34. The highest BCUT2D eigenvalue weighted by Gasteiger charge is 2.45. The van der Waals surface area contributed by atoms with Crippen molar-refractivity contribution >= 4 is 42.7 Å². The summed E-state index contributed by atoms with van der Waals surface area (Å²) in [5, 5.41) is 0. The van der Waals surface area contributed by atoms with Crippen LogP contribution in [-0.4, -0.2) is 52.7 Å². The molecule has 0 fully saturated rings. The van der Waals surface area contributed by atoms with E-state index in [0.717, 1.165) is 0 Å². The van der Waals surface area contributed by atoms with Gasteiger partial charge in [0.1, 0.15) is 21.4 Å². The third kappa shape index (κ3) is 5.80. The standard InChI is InChI=1S/C10H11B2F3O5S/c11-6-1-5(2-7(12)3-6)9(16)20-8(10(13,14)15)4-21(17,18)19/h1-3,8H,4,11-12H2,(H,17,18,19). The first-order valence-corrected chi connectivity index (χ1v) is 7.30. The third-order valence-corrected chi connectivity index (χ3v) is 3.16. The highest BCUT2D eigenvalue weighted by Crippen LogP contribution is 2.25. The van der Waals surface area contributed by atoms with Gasteiger partial charge in [-0.3, -0.25) is 4.55 Å². The molecule has 0 saturated heterocycles. The van der Waals surface area contributed by atoms with E-state index in [1.165, 1.54) is 12.1 Å². The average Bonchev–Trinajstić information content (AvgIpc) is 2.23. The molecule has 1 N–H and O–H groups in total. The molecule has 0 aromatic heterocycles. The molecule has 11 heteroatoms. The summed E-state index contributed by atoms with van der Waals surface area (Å²) in [6.07, 6.45) is -8.04. The second-order valence-corrected chi connectivity index (χ2v) is 6.06. The molecule has 1 atom stereocenters. The number of ether oxygens (including phenoxy) is 1. The Morgan fingerprint density at radius 2 is 1.71 bits per heavy atom. The Morgan fingerprint density at radius 1 is 1.24 bits per heavy atom. The lowest BCUT2D eigenvalue weighted by Gasteiger charge is -2.19. The molecule has 0 saturated carbocycles. The predicted octanol–water partition coefficient (Wildman–Crippen LogP) is -1.82. The number of carbonyl (C=O) groups excluding carboxylic acids is 1. The Balaban J connectivity index is 3.00. The molecule has 0 heterocycles. The predicted molar refractivity (Wildman–Crippen MR) is 74.5 cm³/mol. The van der Waals surface area contributed by atoms with Gasteiger partial charge in [0.2, 0.25) is 6.10 Å². The van der Waals surface area contributed by atoms with Crippen molar-refractivity contribution in [2.24, 2.45) is 0 Å². The molecule has 0 aliphatic carbocycles. The first-order chi connectivity index (χ1) is 9.38. The van der Waals surface area contributed by atoms with Crippen molar-refractivity contribution < 1.29 is 35.7 Å². The van der Waals surface area contributed by atoms with Crippen molar-refractivity contribution in [2.75, 3.05) is 5.75 Å². The Bertz CT molecular complexity index is 624. The van der Waals surface area contributed by atoms with Crippen LogP contribution in [0.4, 0.5) is 13.2 Å².